The average molecular weight is 546 g/mol. The molecule has 1 amide bonds. The van der Waals surface area contributed by atoms with Gasteiger partial charge in [0.2, 0.25) is 0 Å². The maximum Gasteiger partial charge on any atom is 0.354 e. The van der Waals surface area contributed by atoms with E-state index < -0.39 is 23.7 Å². The molecule has 3 rings (SSSR count). The normalized spacial score (nSPS) is 17.5. The van der Waals surface area contributed by atoms with Gasteiger partial charge in [0, 0.05) is 22.3 Å². The number of H-pyrrole nitrogens is 1. The summed E-state index contributed by atoms with van der Waals surface area (Å²) in [6.07, 6.45) is 0.691. The van der Waals surface area contributed by atoms with Crippen LogP contribution in [-0.4, -0.2) is 70.8 Å². The number of benzene rings is 1. The lowest BCUT2D eigenvalue weighted by Gasteiger charge is -2.27. The van der Waals surface area contributed by atoms with E-state index in [4.69, 9.17) is 4.74 Å². The molecule has 1 atom stereocenters. The minimum Gasteiger partial charge on any atom is -0.507 e. The predicted octanol–water partition coefficient (Wildman–Crippen LogP) is 4.33. The second-order valence-corrected chi connectivity index (χ2v) is 9.46. The third kappa shape index (κ3) is 5.21. The maximum absolute atomic E-state index is 13.3. The molecule has 2 heterocycles. The summed E-state index contributed by atoms with van der Waals surface area (Å²) in [6.45, 7) is 10.5. The lowest BCUT2D eigenvalue weighted by Crippen LogP contribution is -2.33. The number of aliphatic hydroxyl groups excluding tert-OH is 1. The summed E-state index contributed by atoms with van der Waals surface area (Å²) >= 11 is 3.43. The van der Waals surface area contributed by atoms with E-state index in [1.54, 1.807) is 18.7 Å². The summed E-state index contributed by atoms with van der Waals surface area (Å²) in [4.78, 5) is 45.3. The molecule has 35 heavy (non-hydrogen) atoms. The van der Waals surface area contributed by atoms with Crippen molar-refractivity contribution in [2.75, 3.05) is 33.3 Å². The fraction of sp³-hybridized carbons (Fsp3) is 0.423. The van der Waals surface area contributed by atoms with Crippen molar-refractivity contribution in [3.05, 3.63) is 62.4 Å². The number of nitrogens with one attached hydrogen (secondary N) is 1. The molecule has 1 aliphatic heterocycles. The Labute approximate surface area is 214 Å². The maximum atomic E-state index is 13.3. The van der Waals surface area contributed by atoms with Crippen molar-refractivity contribution < 1.29 is 24.2 Å². The van der Waals surface area contributed by atoms with Gasteiger partial charge in [0.1, 0.15) is 11.5 Å². The number of aromatic amines is 1. The molecule has 1 saturated heterocycles. The van der Waals surface area contributed by atoms with Gasteiger partial charge in [-0.3, -0.25) is 9.59 Å². The van der Waals surface area contributed by atoms with Crippen LogP contribution in [0.1, 0.15) is 59.2 Å². The van der Waals surface area contributed by atoms with E-state index in [0.717, 1.165) is 29.7 Å². The van der Waals surface area contributed by atoms with Gasteiger partial charge in [0.25, 0.3) is 11.7 Å². The molecule has 1 aromatic carbocycles. The largest absolute Gasteiger partial charge is 0.507 e. The van der Waals surface area contributed by atoms with Gasteiger partial charge in [-0.25, -0.2) is 4.79 Å². The molecule has 0 aliphatic carbocycles. The molecule has 0 bridgehead atoms. The van der Waals surface area contributed by atoms with Crippen LogP contribution in [0.25, 0.3) is 5.76 Å². The molecule has 1 unspecified atom stereocenters. The number of rotatable bonds is 9. The van der Waals surface area contributed by atoms with Crippen molar-refractivity contribution in [1.82, 2.24) is 14.8 Å². The van der Waals surface area contributed by atoms with Crippen LogP contribution in [0.5, 0.6) is 0 Å². The quantitative estimate of drug-likeness (QED) is 0.210. The highest BCUT2D eigenvalue weighted by molar-refractivity contribution is 9.10. The Hall–Kier alpha value is -2.91. The second-order valence-electron chi connectivity index (χ2n) is 8.54. The monoisotopic (exact) mass is 545 g/mol. The van der Waals surface area contributed by atoms with Crippen molar-refractivity contribution in [1.29, 1.82) is 0 Å². The molecular weight excluding hydrogens is 514 g/mol. The lowest BCUT2D eigenvalue weighted by atomic mass is 9.94. The van der Waals surface area contributed by atoms with Crippen molar-refractivity contribution in [2.45, 2.75) is 40.2 Å². The van der Waals surface area contributed by atoms with Gasteiger partial charge < -0.3 is 24.6 Å². The standard InChI is InChI=1S/C26H32BrN3O5/c1-6-29(7-2)13-8-14-30-22(17-9-11-18(27)12-10-17)20(24(32)25(30)33)23(31)19-15(3)21(26(34)35-5)28-16(19)4/h9-12,22,28,31H,6-8,13-14H2,1-5H3/b23-20+. The minimum atomic E-state index is -0.741. The van der Waals surface area contributed by atoms with Crippen LogP contribution in [0.2, 0.25) is 0 Å². The molecule has 8 nitrogen and oxygen atoms in total. The molecule has 9 heteroatoms. The topological polar surface area (TPSA) is 103 Å². The summed E-state index contributed by atoms with van der Waals surface area (Å²) in [5, 5.41) is 11.4. The van der Waals surface area contributed by atoms with Crippen molar-refractivity contribution in [3.63, 3.8) is 0 Å². The smallest absolute Gasteiger partial charge is 0.354 e. The molecule has 1 fully saturated rings. The highest BCUT2D eigenvalue weighted by Crippen LogP contribution is 2.41. The van der Waals surface area contributed by atoms with Gasteiger partial charge >= 0.3 is 5.97 Å². The molecule has 0 radical (unpaired) electrons. The van der Waals surface area contributed by atoms with Crippen LogP contribution in [0.3, 0.4) is 0 Å². The number of ether oxygens (including phenoxy) is 1. The van der Waals surface area contributed by atoms with Crippen LogP contribution in [0.15, 0.2) is 34.3 Å². The highest BCUT2D eigenvalue weighted by Gasteiger charge is 2.46. The third-order valence-electron chi connectivity index (χ3n) is 6.56. The Balaban J connectivity index is 2.11. The number of halogens is 1. The molecule has 188 valence electrons. The highest BCUT2D eigenvalue weighted by atomic mass is 79.9. The van der Waals surface area contributed by atoms with Crippen LogP contribution in [0.4, 0.5) is 0 Å². The number of aryl methyl sites for hydroxylation is 1. The Morgan fingerprint density at radius 2 is 1.80 bits per heavy atom. The molecule has 2 aromatic rings. The molecule has 0 spiro atoms. The average Bonchev–Trinajstić information content (AvgIpc) is 3.28. The Morgan fingerprint density at radius 3 is 2.37 bits per heavy atom. The summed E-state index contributed by atoms with van der Waals surface area (Å²) in [5.74, 6) is -2.26. The van der Waals surface area contributed by atoms with Gasteiger partial charge in [-0.2, -0.15) is 0 Å². The zero-order valence-electron chi connectivity index (χ0n) is 20.8. The van der Waals surface area contributed by atoms with Crippen molar-refractivity contribution in [3.8, 4) is 0 Å². The number of carbonyl (C=O) groups excluding carboxylic acids is 3. The summed E-state index contributed by atoms with van der Waals surface area (Å²) in [6, 6.07) is 6.61. The minimum absolute atomic E-state index is 0.0155. The van der Waals surface area contributed by atoms with Gasteiger partial charge in [0.15, 0.2) is 0 Å². The molecule has 1 aliphatic rings. The second kappa shape index (κ2) is 11.2. The zero-order valence-corrected chi connectivity index (χ0v) is 22.4. The SMILES string of the molecule is CCN(CC)CCCN1C(=O)C(=O)/C(=C(/O)c2c(C)[nH]c(C(=O)OC)c2C)C1c1ccc(Br)cc1. The van der Waals surface area contributed by atoms with E-state index in [9.17, 15) is 19.5 Å². The van der Waals surface area contributed by atoms with Crippen LogP contribution < -0.4 is 0 Å². The summed E-state index contributed by atoms with van der Waals surface area (Å²) < 4.78 is 5.68. The number of aliphatic hydroxyl groups is 1. The van der Waals surface area contributed by atoms with Crippen LogP contribution in [0, 0.1) is 13.8 Å². The Kier molecular flexibility index (Phi) is 8.56. The van der Waals surface area contributed by atoms with Gasteiger partial charge in [-0.05, 0) is 63.2 Å². The number of carbonyl (C=O) groups is 3. The van der Waals surface area contributed by atoms with Gasteiger partial charge in [0.05, 0.1) is 18.7 Å². The Bertz CT molecular complexity index is 1150. The van der Waals surface area contributed by atoms with Crippen LogP contribution >= 0.6 is 15.9 Å². The summed E-state index contributed by atoms with van der Waals surface area (Å²) in [7, 11) is 1.27. The number of amides is 1. The van der Waals surface area contributed by atoms with Crippen molar-refractivity contribution >= 4 is 39.3 Å². The van der Waals surface area contributed by atoms with E-state index >= 15 is 0 Å². The fourth-order valence-electron chi connectivity index (χ4n) is 4.65. The first-order valence-electron chi connectivity index (χ1n) is 11.7. The number of nitrogens with zero attached hydrogens (tertiary/aromatic N) is 2. The number of aromatic nitrogens is 1. The lowest BCUT2D eigenvalue weighted by molar-refractivity contribution is -0.140. The van der Waals surface area contributed by atoms with E-state index in [1.807, 2.05) is 24.3 Å². The summed E-state index contributed by atoms with van der Waals surface area (Å²) in [5.41, 5.74) is 2.21. The number of Topliss-reactive ketones (excluding diaryl/α,β-unsaturated/α-hetero) is 1. The molecular formula is C26H32BrN3O5. The number of likely N-dealkylation sites (tertiary alicyclic amines) is 1. The number of esters is 1. The molecule has 2 N–H and O–H groups in total. The van der Waals surface area contributed by atoms with Gasteiger partial charge in [-0.1, -0.05) is 41.9 Å². The third-order valence-corrected chi connectivity index (χ3v) is 7.09. The zero-order chi connectivity index (χ0) is 25.9. The van der Waals surface area contributed by atoms with E-state index in [0.29, 0.717) is 29.8 Å². The molecule has 1 aromatic heterocycles. The fourth-order valence-corrected chi connectivity index (χ4v) is 4.92. The Morgan fingerprint density at radius 1 is 1.17 bits per heavy atom. The first-order valence-corrected chi connectivity index (χ1v) is 12.5. The van der Waals surface area contributed by atoms with E-state index in [1.165, 1.54) is 7.11 Å². The number of hydrogen-bond donors (Lipinski definition) is 2. The predicted molar refractivity (Wildman–Crippen MR) is 137 cm³/mol. The molecule has 0 saturated carbocycles. The number of hydrogen-bond acceptors (Lipinski definition) is 6. The number of ketones is 1. The van der Waals surface area contributed by atoms with E-state index in [2.05, 4.69) is 39.7 Å². The van der Waals surface area contributed by atoms with Gasteiger partial charge in [-0.15, -0.1) is 0 Å². The first-order chi connectivity index (χ1) is 16.7. The van der Waals surface area contributed by atoms with Crippen molar-refractivity contribution in [2.24, 2.45) is 0 Å². The van der Waals surface area contributed by atoms with Crippen LogP contribution in [-0.2, 0) is 14.3 Å². The first kappa shape index (κ1) is 26.7. The van der Waals surface area contributed by atoms with E-state index in [-0.39, 0.29) is 17.0 Å². The number of methoxy groups -OCH3 is 1.